The highest BCUT2D eigenvalue weighted by molar-refractivity contribution is 9.10. The molecule has 6 heteroatoms. The number of halogens is 2. The van der Waals surface area contributed by atoms with Crippen molar-refractivity contribution in [3.63, 3.8) is 0 Å². The summed E-state index contributed by atoms with van der Waals surface area (Å²) in [6.07, 6.45) is 0. The minimum atomic E-state index is -0.329. The van der Waals surface area contributed by atoms with Crippen molar-refractivity contribution in [2.24, 2.45) is 0 Å². The van der Waals surface area contributed by atoms with E-state index in [9.17, 15) is 4.79 Å². The van der Waals surface area contributed by atoms with Crippen LogP contribution in [0.25, 0.3) is 0 Å². The zero-order valence-corrected chi connectivity index (χ0v) is 13.0. The van der Waals surface area contributed by atoms with Gasteiger partial charge in [-0.2, -0.15) is 0 Å². The third-order valence-corrected chi connectivity index (χ3v) is 3.74. The molecule has 20 heavy (non-hydrogen) atoms. The van der Waals surface area contributed by atoms with Crippen LogP contribution < -0.4 is 15.4 Å². The summed E-state index contributed by atoms with van der Waals surface area (Å²) in [7, 11) is 1.59. The van der Waals surface area contributed by atoms with E-state index in [1.807, 2.05) is 0 Å². The average Bonchev–Trinajstić information content (AvgIpc) is 2.44. The number of amides is 2. The standard InChI is InChI=1S/C14H12BrClN2O2/c1-20-11-5-2-9(3-6-11)17-14(19)18-10-4-7-13(16)12(15)8-10/h2-8H,1H3,(H2,17,18,19). The SMILES string of the molecule is COc1ccc(NC(=O)Nc2ccc(Cl)c(Br)c2)cc1. The molecule has 2 amide bonds. The number of urea groups is 1. The predicted molar refractivity (Wildman–Crippen MR) is 84.8 cm³/mol. The van der Waals surface area contributed by atoms with Crippen molar-refractivity contribution in [3.8, 4) is 5.75 Å². The van der Waals surface area contributed by atoms with Crippen LogP contribution >= 0.6 is 27.5 Å². The summed E-state index contributed by atoms with van der Waals surface area (Å²) in [5, 5.41) is 6.03. The third-order valence-electron chi connectivity index (χ3n) is 2.53. The Balaban J connectivity index is 1.99. The van der Waals surface area contributed by atoms with Crippen LogP contribution in [0.1, 0.15) is 0 Å². The number of carbonyl (C=O) groups excluding carboxylic acids is 1. The van der Waals surface area contributed by atoms with E-state index in [-0.39, 0.29) is 6.03 Å². The maximum absolute atomic E-state index is 11.8. The molecule has 0 saturated heterocycles. The van der Waals surface area contributed by atoms with Gasteiger partial charge < -0.3 is 15.4 Å². The minimum Gasteiger partial charge on any atom is -0.497 e. The maximum Gasteiger partial charge on any atom is 0.323 e. The number of ether oxygens (including phenoxy) is 1. The molecule has 0 unspecified atom stereocenters. The van der Waals surface area contributed by atoms with Crippen LogP contribution in [-0.4, -0.2) is 13.1 Å². The molecule has 0 saturated carbocycles. The molecule has 4 nitrogen and oxygen atoms in total. The summed E-state index contributed by atoms with van der Waals surface area (Å²) in [6, 6.07) is 11.9. The van der Waals surface area contributed by atoms with Crippen molar-refractivity contribution >= 4 is 44.9 Å². The first-order valence-corrected chi connectivity index (χ1v) is 6.92. The Kier molecular flexibility index (Phi) is 4.87. The zero-order chi connectivity index (χ0) is 14.5. The molecule has 104 valence electrons. The van der Waals surface area contributed by atoms with Crippen molar-refractivity contribution in [2.45, 2.75) is 0 Å². The quantitative estimate of drug-likeness (QED) is 0.834. The second kappa shape index (κ2) is 6.63. The molecule has 0 aliphatic carbocycles. The lowest BCUT2D eigenvalue weighted by Gasteiger charge is -2.09. The molecule has 0 radical (unpaired) electrons. The molecule has 0 aliphatic rings. The molecule has 0 spiro atoms. The number of hydrogen-bond donors (Lipinski definition) is 2. The van der Waals surface area contributed by atoms with Crippen molar-refractivity contribution in [1.29, 1.82) is 0 Å². The van der Waals surface area contributed by atoms with E-state index in [0.717, 1.165) is 10.2 Å². The Labute approximate surface area is 130 Å². The number of hydrogen-bond acceptors (Lipinski definition) is 2. The first kappa shape index (κ1) is 14.7. The van der Waals surface area contributed by atoms with Crippen molar-refractivity contribution in [2.75, 3.05) is 17.7 Å². The Bertz CT molecular complexity index is 617. The van der Waals surface area contributed by atoms with E-state index >= 15 is 0 Å². The van der Waals surface area contributed by atoms with Gasteiger partial charge in [0.25, 0.3) is 0 Å². The van der Waals surface area contributed by atoms with Gasteiger partial charge >= 0.3 is 6.03 Å². The lowest BCUT2D eigenvalue weighted by atomic mass is 10.3. The molecule has 2 rings (SSSR count). The fraction of sp³-hybridized carbons (Fsp3) is 0.0714. The molecular formula is C14H12BrClN2O2. The largest absolute Gasteiger partial charge is 0.497 e. The fourth-order valence-corrected chi connectivity index (χ4v) is 2.04. The third kappa shape index (κ3) is 3.88. The highest BCUT2D eigenvalue weighted by Crippen LogP contribution is 2.25. The normalized spacial score (nSPS) is 9.95. The van der Waals surface area contributed by atoms with E-state index in [1.54, 1.807) is 49.6 Å². The molecule has 0 fully saturated rings. The molecule has 2 aromatic rings. The van der Waals surface area contributed by atoms with E-state index in [2.05, 4.69) is 26.6 Å². The summed E-state index contributed by atoms with van der Waals surface area (Å²) >= 11 is 9.19. The van der Waals surface area contributed by atoms with Gasteiger partial charge in [-0.25, -0.2) is 4.79 Å². The van der Waals surface area contributed by atoms with Crippen LogP contribution in [0.3, 0.4) is 0 Å². The molecule has 2 N–H and O–H groups in total. The number of anilines is 2. The van der Waals surface area contributed by atoms with E-state index < -0.39 is 0 Å². The molecule has 0 atom stereocenters. The molecule has 0 bridgehead atoms. The number of benzene rings is 2. The molecule has 2 aromatic carbocycles. The van der Waals surface area contributed by atoms with Crippen molar-refractivity contribution < 1.29 is 9.53 Å². The average molecular weight is 356 g/mol. The van der Waals surface area contributed by atoms with Crippen LogP contribution in [0.5, 0.6) is 5.75 Å². The Morgan fingerprint density at radius 2 is 1.70 bits per heavy atom. The Hall–Kier alpha value is -1.72. The van der Waals surface area contributed by atoms with E-state index in [4.69, 9.17) is 16.3 Å². The van der Waals surface area contributed by atoms with Gasteiger partial charge in [-0.1, -0.05) is 11.6 Å². The Morgan fingerprint density at radius 1 is 1.10 bits per heavy atom. The maximum atomic E-state index is 11.8. The Morgan fingerprint density at radius 3 is 2.30 bits per heavy atom. The second-order valence-electron chi connectivity index (χ2n) is 3.94. The van der Waals surface area contributed by atoms with Crippen molar-refractivity contribution in [3.05, 3.63) is 52.0 Å². The lowest BCUT2D eigenvalue weighted by molar-refractivity contribution is 0.262. The predicted octanol–water partition coefficient (Wildman–Crippen LogP) is 4.76. The van der Waals surface area contributed by atoms with Crippen LogP contribution in [0.4, 0.5) is 16.2 Å². The summed E-state index contributed by atoms with van der Waals surface area (Å²) < 4.78 is 5.77. The van der Waals surface area contributed by atoms with Gasteiger partial charge in [0.15, 0.2) is 0 Å². The van der Waals surface area contributed by atoms with Crippen LogP contribution in [0.15, 0.2) is 46.9 Å². The first-order chi connectivity index (χ1) is 9.58. The van der Waals surface area contributed by atoms with Crippen LogP contribution in [0.2, 0.25) is 5.02 Å². The highest BCUT2D eigenvalue weighted by atomic mass is 79.9. The van der Waals surface area contributed by atoms with E-state index in [0.29, 0.717) is 16.4 Å². The topological polar surface area (TPSA) is 50.4 Å². The summed E-state index contributed by atoms with van der Waals surface area (Å²) in [4.78, 5) is 11.8. The summed E-state index contributed by atoms with van der Waals surface area (Å²) in [5.41, 5.74) is 1.32. The van der Waals surface area contributed by atoms with Crippen molar-refractivity contribution in [1.82, 2.24) is 0 Å². The molecule has 0 aromatic heterocycles. The summed E-state index contributed by atoms with van der Waals surface area (Å²) in [6.45, 7) is 0. The van der Waals surface area contributed by atoms with Crippen LogP contribution in [-0.2, 0) is 0 Å². The lowest BCUT2D eigenvalue weighted by Crippen LogP contribution is -2.19. The second-order valence-corrected chi connectivity index (χ2v) is 5.20. The smallest absolute Gasteiger partial charge is 0.323 e. The minimum absolute atomic E-state index is 0.329. The van der Waals surface area contributed by atoms with Gasteiger partial charge in [-0.15, -0.1) is 0 Å². The van der Waals surface area contributed by atoms with Gasteiger partial charge in [-0.3, -0.25) is 0 Å². The van der Waals surface area contributed by atoms with Gasteiger partial charge in [0.05, 0.1) is 12.1 Å². The molecule has 0 aliphatic heterocycles. The van der Waals surface area contributed by atoms with Gasteiger partial charge in [0.1, 0.15) is 5.75 Å². The number of methoxy groups -OCH3 is 1. The van der Waals surface area contributed by atoms with E-state index in [1.165, 1.54) is 0 Å². The number of nitrogens with one attached hydrogen (secondary N) is 2. The molecule has 0 heterocycles. The van der Waals surface area contributed by atoms with Gasteiger partial charge in [0, 0.05) is 15.8 Å². The zero-order valence-electron chi connectivity index (χ0n) is 10.6. The highest BCUT2D eigenvalue weighted by Gasteiger charge is 2.04. The fourth-order valence-electron chi connectivity index (χ4n) is 1.54. The summed E-state index contributed by atoms with van der Waals surface area (Å²) in [5.74, 6) is 0.734. The monoisotopic (exact) mass is 354 g/mol. The number of rotatable bonds is 3. The first-order valence-electron chi connectivity index (χ1n) is 5.75. The van der Waals surface area contributed by atoms with Crippen LogP contribution in [0, 0.1) is 0 Å². The molecular weight excluding hydrogens is 344 g/mol. The van der Waals surface area contributed by atoms with Gasteiger partial charge in [0.2, 0.25) is 0 Å². The number of carbonyl (C=O) groups is 1. The van der Waals surface area contributed by atoms with Gasteiger partial charge in [-0.05, 0) is 58.4 Å².